The number of halogens is 1. The van der Waals surface area contributed by atoms with Gasteiger partial charge in [-0.25, -0.2) is 4.98 Å². The summed E-state index contributed by atoms with van der Waals surface area (Å²) in [5, 5.41) is 12.9. The average Bonchev–Trinajstić information content (AvgIpc) is 2.87. The standard InChI is InChI=1S/C14H12BClN2O3/c16-13-4-1-9(6-17-13)7-18-14(19)10-2-3-11-8-21-15(20)12(11)5-10/h1-6,20H,7-8H2,(H,18,19). The van der Waals surface area contributed by atoms with Gasteiger partial charge in [-0.15, -0.1) is 0 Å². The summed E-state index contributed by atoms with van der Waals surface area (Å²) in [6, 6.07) is 8.64. The van der Waals surface area contributed by atoms with Gasteiger partial charge in [0.1, 0.15) is 5.15 Å². The quantitative estimate of drug-likeness (QED) is 0.652. The van der Waals surface area contributed by atoms with E-state index in [0.29, 0.717) is 29.3 Å². The zero-order valence-electron chi connectivity index (χ0n) is 11.0. The number of nitrogens with zero attached hydrogens (tertiary/aromatic N) is 1. The van der Waals surface area contributed by atoms with E-state index in [-0.39, 0.29) is 5.91 Å². The number of pyridine rings is 1. The van der Waals surface area contributed by atoms with E-state index in [1.165, 1.54) is 0 Å². The number of benzene rings is 1. The van der Waals surface area contributed by atoms with Crippen molar-refractivity contribution in [2.45, 2.75) is 13.2 Å². The molecular weight excluding hydrogens is 290 g/mol. The number of hydrogen-bond acceptors (Lipinski definition) is 4. The van der Waals surface area contributed by atoms with Crippen LogP contribution in [0.5, 0.6) is 0 Å². The van der Waals surface area contributed by atoms with Crippen molar-refractivity contribution in [2.75, 3.05) is 0 Å². The summed E-state index contributed by atoms with van der Waals surface area (Å²) >= 11 is 5.70. The van der Waals surface area contributed by atoms with E-state index in [1.807, 2.05) is 0 Å². The number of aromatic nitrogens is 1. The van der Waals surface area contributed by atoms with Crippen LogP contribution in [-0.4, -0.2) is 23.0 Å². The van der Waals surface area contributed by atoms with E-state index in [9.17, 15) is 9.82 Å². The van der Waals surface area contributed by atoms with Gasteiger partial charge in [-0.2, -0.15) is 0 Å². The first-order valence-electron chi connectivity index (χ1n) is 6.44. The molecule has 7 heteroatoms. The van der Waals surface area contributed by atoms with Crippen LogP contribution >= 0.6 is 11.6 Å². The predicted octanol–water partition coefficient (Wildman–Crippen LogP) is 0.883. The van der Waals surface area contributed by atoms with Gasteiger partial charge in [0.05, 0.1) is 6.61 Å². The molecule has 0 saturated heterocycles. The largest absolute Gasteiger partial charge is 0.491 e. The smallest absolute Gasteiger partial charge is 0.423 e. The molecule has 1 amide bonds. The Hall–Kier alpha value is -1.89. The number of amides is 1. The second kappa shape index (κ2) is 5.85. The Labute approximate surface area is 127 Å². The summed E-state index contributed by atoms with van der Waals surface area (Å²) in [6.45, 7) is 0.730. The van der Waals surface area contributed by atoms with Gasteiger partial charge >= 0.3 is 7.12 Å². The molecule has 1 aromatic carbocycles. The third kappa shape index (κ3) is 3.07. The molecule has 1 aromatic heterocycles. The zero-order valence-corrected chi connectivity index (χ0v) is 11.8. The van der Waals surface area contributed by atoms with Crippen molar-refractivity contribution in [2.24, 2.45) is 0 Å². The molecule has 0 fully saturated rings. The lowest BCUT2D eigenvalue weighted by Crippen LogP contribution is -2.30. The normalized spacial score (nSPS) is 13.1. The second-order valence-electron chi connectivity index (χ2n) is 4.75. The summed E-state index contributed by atoms with van der Waals surface area (Å²) < 4.78 is 5.10. The molecule has 0 radical (unpaired) electrons. The maximum absolute atomic E-state index is 12.1. The molecule has 3 rings (SSSR count). The molecule has 106 valence electrons. The molecule has 2 aromatic rings. The van der Waals surface area contributed by atoms with Crippen LogP contribution in [0, 0.1) is 0 Å². The van der Waals surface area contributed by atoms with Crippen molar-refractivity contribution in [1.29, 1.82) is 0 Å². The predicted molar refractivity (Wildman–Crippen MR) is 79.3 cm³/mol. The van der Waals surface area contributed by atoms with Crippen LogP contribution in [0.4, 0.5) is 0 Å². The minimum Gasteiger partial charge on any atom is -0.423 e. The van der Waals surface area contributed by atoms with E-state index in [4.69, 9.17) is 16.3 Å². The maximum Gasteiger partial charge on any atom is 0.491 e. The van der Waals surface area contributed by atoms with Crippen LogP contribution in [-0.2, 0) is 17.8 Å². The van der Waals surface area contributed by atoms with Crippen molar-refractivity contribution in [3.63, 3.8) is 0 Å². The number of hydrogen-bond donors (Lipinski definition) is 2. The van der Waals surface area contributed by atoms with Gasteiger partial charge in [0.15, 0.2) is 0 Å². The molecule has 1 aliphatic heterocycles. The zero-order chi connectivity index (χ0) is 14.8. The third-order valence-electron chi connectivity index (χ3n) is 3.31. The van der Waals surface area contributed by atoms with Gasteiger partial charge in [0.25, 0.3) is 5.91 Å². The number of rotatable bonds is 3. The van der Waals surface area contributed by atoms with E-state index in [2.05, 4.69) is 10.3 Å². The van der Waals surface area contributed by atoms with Gasteiger partial charge in [-0.05, 0) is 34.8 Å². The summed E-state index contributed by atoms with van der Waals surface area (Å²) in [5.74, 6) is -0.216. The molecule has 2 N–H and O–H groups in total. The number of fused-ring (bicyclic) bond motifs is 1. The molecular formula is C14H12BClN2O3. The molecule has 0 bridgehead atoms. The summed E-state index contributed by atoms with van der Waals surface area (Å²) in [7, 11) is -0.951. The van der Waals surface area contributed by atoms with Crippen LogP contribution < -0.4 is 10.8 Å². The molecule has 1 aliphatic rings. The van der Waals surface area contributed by atoms with E-state index in [0.717, 1.165) is 11.1 Å². The Morgan fingerprint density at radius 1 is 1.43 bits per heavy atom. The fourth-order valence-corrected chi connectivity index (χ4v) is 2.26. The molecule has 0 unspecified atom stereocenters. The second-order valence-corrected chi connectivity index (χ2v) is 5.14. The highest BCUT2D eigenvalue weighted by molar-refractivity contribution is 6.61. The van der Waals surface area contributed by atoms with Crippen molar-refractivity contribution >= 4 is 30.1 Å². The third-order valence-corrected chi connectivity index (χ3v) is 3.54. The van der Waals surface area contributed by atoms with Crippen LogP contribution in [0.25, 0.3) is 0 Å². The van der Waals surface area contributed by atoms with Crippen LogP contribution in [0.2, 0.25) is 5.15 Å². The number of carbonyl (C=O) groups excluding carboxylic acids is 1. The minimum absolute atomic E-state index is 0.216. The lowest BCUT2D eigenvalue weighted by molar-refractivity contribution is 0.0951. The first-order valence-corrected chi connectivity index (χ1v) is 6.82. The van der Waals surface area contributed by atoms with E-state index >= 15 is 0 Å². The van der Waals surface area contributed by atoms with Crippen LogP contribution in [0.3, 0.4) is 0 Å². The Morgan fingerprint density at radius 2 is 2.29 bits per heavy atom. The Balaban J connectivity index is 1.68. The Kier molecular flexibility index (Phi) is 3.92. The van der Waals surface area contributed by atoms with Crippen LogP contribution in [0.15, 0.2) is 36.5 Å². The maximum atomic E-state index is 12.1. The highest BCUT2D eigenvalue weighted by Crippen LogP contribution is 2.11. The fraction of sp³-hybridized carbons (Fsp3) is 0.143. The molecule has 21 heavy (non-hydrogen) atoms. The van der Waals surface area contributed by atoms with Gasteiger partial charge in [0.2, 0.25) is 0 Å². The van der Waals surface area contributed by atoms with Crippen molar-refractivity contribution in [1.82, 2.24) is 10.3 Å². The van der Waals surface area contributed by atoms with Crippen molar-refractivity contribution < 1.29 is 14.5 Å². The van der Waals surface area contributed by atoms with Crippen molar-refractivity contribution in [3.8, 4) is 0 Å². The van der Waals surface area contributed by atoms with Crippen LogP contribution in [0.1, 0.15) is 21.5 Å². The Morgan fingerprint density at radius 3 is 3.05 bits per heavy atom. The lowest BCUT2D eigenvalue weighted by atomic mass is 9.79. The highest BCUT2D eigenvalue weighted by Gasteiger charge is 2.27. The summed E-state index contributed by atoms with van der Waals surface area (Å²) in [6.07, 6.45) is 1.61. The fourth-order valence-electron chi connectivity index (χ4n) is 2.15. The molecule has 5 nitrogen and oxygen atoms in total. The average molecular weight is 303 g/mol. The number of carbonyl (C=O) groups is 1. The molecule has 0 atom stereocenters. The number of nitrogens with one attached hydrogen (secondary N) is 1. The molecule has 0 saturated carbocycles. The lowest BCUT2D eigenvalue weighted by Gasteiger charge is -2.07. The first-order chi connectivity index (χ1) is 10.1. The van der Waals surface area contributed by atoms with E-state index < -0.39 is 7.12 Å². The summed E-state index contributed by atoms with van der Waals surface area (Å²) in [4.78, 5) is 16.1. The van der Waals surface area contributed by atoms with Gasteiger partial charge in [-0.1, -0.05) is 23.7 Å². The van der Waals surface area contributed by atoms with E-state index in [1.54, 1.807) is 36.5 Å². The summed E-state index contributed by atoms with van der Waals surface area (Å²) in [5.41, 5.74) is 2.90. The topological polar surface area (TPSA) is 71.5 Å². The van der Waals surface area contributed by atoms with Crippen molar-refractivity contribution in [3.05, 3.63) is 58.4 Å². The Bertz CT molecular complexity index is 678. The highest BCUT2D eigenvalue weighted by atomic mass is 35.5. The van der Waals surface area contributed by atoms with Gasteiger partial charge < -0.3 is 15.0 Å². The van der Waals surface area contributed by atoms with Gasteiger partial charge in [-0.3, -0.25) is 4.79 Å². The first kappa shape index (κ1) is 14.1. The molecule has 2 heterocycles. The van der Waals surface area contributed by atoms with Gasteiger partial charge in [0, 0.05) is 18.3 Å². The molecule has 0 aliphatic carbocycles. The SMILES string of the molecule is O=C(NCc1ccc(Cl)nc1)c1ccc2c(c1)B(O)OC2. The minimum atomic E-state index is -0.951. The molecule has 0 spiro atoms. The monoisotopic (exact) mass is 302 g/mol.